The Morgan fingerprint density at radius 2 is 2.09 bits per heavy atom. The highest BCUT2D eigenvalue weighted by Gasteiger charge is 2.20. The molecule has 0 aliphatic carbocycles. The average Bonchev–Trinajstić information content (AvgIpc) is 3.06. The van der Waals surface area contributed by atoms with Crippen molar-refractivity contribution in [1.29, 1.82) is 0 Å². The summed E-state index contributed by atoms with van der Waals surface area (Å²) in [5, 5.41) is 11.4. The summed E-state index contributed by atoms with van der Waals surface area (Å²) in [7, 11) is 0. The van der Waals surface area contributed by atoms with Crippen molar-refractivity contribution in [2.24, 2.45) is 0 Å². The molecule has 3 rings (SSSR count). The van der Waals surface area contributed by atoms with Crippen molar-refractivity contribution in [2.75, 3.05) is 19.7 Å². The fourth-order valence-electron chi connectivity index (χ4n) is 2.60. The predicted octanol–water partition coefficient (Wildman–Crippen LogP) is 2.14. The van der Waals surface area contributed by atoms with E-state index in [1.54, 1.807) is 23.2 Å². The van der Waals surface area contributed by atoms with Crippen LogP contribution in [0, 0.1) is 10.1 Å². The van der Waals surface area contributed by atoms with Gasteiger partial charge >= 0.3 is 0 Å². The number of nitro groups is 1. The van der Waals surface area contributed by atoms with Crippen molar-refractivity contribution in [3.63, 3.8) is 0 Å². The third kappa shape index (κ3) is 2.69. The first-order valence-corrected chi connectivity index (χ1v) is 7.09. The van der Waals surface area contributed by atoms with Crippen molar-refractivity contribution in [1.82, 2.24) is 9.88 Å². The Balaban J connectivity index is 1.83. The Morgan fingerprint density at radius 1 is 1.32 bits per heavy atom. The Morgan fingerprint density at radius 3 is 2.82 bits per heavy atom. The number of aromatic nitrogens is 1. The van der Waals surface area contributed by atoms with Crippen LogP contribution in [-0.2, 0) is 4.79 Å². The first kappa shape index (κ1) is 14.2. The molecular weight excluding hydrogens is 286 g/mol. The SMILES string of the molecule is O=C(COc1ccc([N+](=O)[O-])c2cccnc12)N1CCCC1. The third-order valence-corrected chi connectivity index (χ3v) is 3.72. The summed E-state index contributed by atoms with van der Waals surface area (Å²) >= 11 is 0. The molecule has 1 aliphatic rings. The van der Waals surface area contributed by atoms with E-state index < -0.39 is 4.92 Å². The van der Waals surface area contributed by atoms with Crippen molar-refractivity contribution >= 4 is 22.5 Å². The van der Waals surface area contributed by atoms with E-state index in [1.165, 1.54) is 12.1 Å². The maximum atomic E-state index is 12.0. The number of ether oxygens (including phenoxy) is 1. The number of fused-ring (bicyclic) bond motifs is 1. The minimum atomic E-state index is -0.455. The van der Waals surface area contributed by atoms with Crippen LogP contribution < -0.4 is 4.74 Å². The Labute approximate surface area is 126 Å². The minimum Gasteiger partial charge on any atom is -0.481 e. The lowest BCUT2D eigenvalue weighted by molar-refractivity contribution is -0.383. The number of benzene rings is 1. The minimum absolute atomic E-state index is 0.0266. The number of hydrogen-bond donors (Lipinski definition) is 0. The second-order valence-electron chi connectivity index (χ2n) is 5.12. The zero-order valence-corrected chi connectivity index (χ0v) is 11.9. The lowest BCUT2D eigenvalue weighted by Crippen LogP contribution is -2.32. The van der Waals surface area contributed by atoms with Gasteiger partial charge in [-0.25, -0.2) is 0 Å². The van der Waals surface area contributed by atoms with Gasteiger partial charge in [-0.2, -0.15) is 0 Å². The van der Waals surface area contributed by atoms with Crippen molar-refractivity contribution in [2.45, 2.75) is 12.8 Å². The van der Waals surface area contributed by atoms with Crippen LogP contribution in [0.2, 0.25) is 0 Å². The second-order valence-corrected chi connectivity index (χ2v) is 5.12. The summed E-state index contributed by atoms with van der Waals surface area (Å²) in [6.45, 7) is 1.45. The van der Waals surface area contributed by atoms with Gasteiger partial charge in [0, 0.05) is 25.4 Å². The van der Waals surface area contributed by atoms with E-state index in [-0.39, 0.29) is 18.2 Å². The molecule has 1 aromatic carbocycles. The number of likely N-dealkylation sites (tertiary alicyclic amines) is 1. The van der Waals surface area contributed by atoms with Gasteiger partial charge in [0.2, 0.25) is 0 Å². The number of carbonyl (C=O) groups is 1. The molecule has 0 unspecified atom stereocenters. The summed E-state index contributed by atoms with van der Waals surface area (Å²) in [6.07, 6.45) is 3.59. The summed E-state index contributed by atoms with van der Waals surface area (Å²) in [5.74, 6) is 0.314. The zero-order valence-electron chi connectivity index (χ0n) is 11.9. The average molecular weight is 301 g/mol. The molecule has 1 fully saturated rings. The zero-order chi connectivity index (χ0) is 15.5. The standard InChI is InChI=1S/C15H15N3O4/c19-14(17-8-1-2-9-17)10-22-13-6-5-12(18(20)21)11-4-3-7-16-15(11)13/h3-7H,1-2,8-10H2. The number of hydrogen-bond acceptors (Lipinski definition) is 5. The van der Waals surface area contributed by atoms with Crippen molar-refractivity contribution in [3.8, 4) is 5.75 Å². The van der Waals surface area contributed by atoms with E-state index in [4.69, 9.17) is 4.74 Å². The molecule has 1 aliphatic heterocycles. The van der Waals surface area contributed by atoms with Crippen LogP contribution in [0.15, 0.2) is 30.5 Å². The Bertz CT molecular complexity index is 726. The van der Waals surface area contributed by atoms with Gasteiger partial charge in [-0.15, -0.1) is 0 Å². The highest BCUT2D eigenvalue weighted by atomic mass is 16.6. The number of pyridine rings is 1. The van der Waals surface area contributed by atoms with Crippen LogP contribution in [0.25, 0.3) is 10.9 Å². The number of amides is 1. The van der Waals surface area contributed by atoms with Gasteiger partial charge in [-0.1, -0.05) is 0 Å². The molecule has 2 aromatic rings. The summed E-state index contributed by atoms with van der Waals surface area (Å²) in [6, 6.07) is 6.12. The third-order valence-electron chi connectivity index (χ3n) is 3.72. The van der Waals surface area contributed by atoms with E-state index in [9.17, 15) is 14.9 Å². The first-order chi connectivity index (χ1) is 10.7. The quantitative estimate of drug-likeness (QED) is 0.638. The second kappa shape index (κ2) is 5.97. The molecule has 0 atom stereocenters. The van der Waals surface area contributed by atoms with Crippen LogP contribution in [0.3, 0.4) is 0 Å². The van der Waals surface area contributed by atoms with Crippen LogP contribution >= 0.6 is 0 Å². The summed E-state index contributed by atoms with van der Waals surface area (Å²) in [4.78, 5) is 28.5. The molecule has 1 amide bonds. The van der Waals surface area contributed by atoms with Crippen LogP contribution in [-0.4, -0.2) is 40.4 Å². The van der Waals surface area contributed by atoms with E-state index in [1.807, 2.05) is 0 Å². The number of rotatable bonds is 4. The van der Waals surface area contributed by atoms with Gasteiger partial charge in [0.05, 0.1) is 10.3 Å². The van der Waals surface area contributed by atoms with Gasteiger partial charge in [0.1, 0.15) is 11.3 Å². The largest absolute Gasteiger partial charge is 0.481 e. The predicted molar refractivity (Wildman–Crippen MR) is 79.7 cm³/mol. The number of nitrogens with zero attached hydrogens (tertiary/aromatic N) is 3. The van der Waals surface area contributed by atoms with E-state index in [0.29, 0.717) is 16.7 Å². The van der Waals surface area contributed by atoms with Crippen molar-refractivity contribution in [3.05, 3.63) is 40.6 Å². The van der Waals surface area contributed by atoms with Gasteiger partial charge in [-0.3, -0.25) is 19.9 Å². The molecule has 0 spiro atoms. The van der Waals surface area contributed by atoms with Crippen LogP contribution in [0.1, 0.15) is 12.8 Å². The number of nitro benzene ring substituents is 1. The highest BCUT2D eigenvalue weighted by molar-refractivity contribution is 5.92. The molecule has 7 nitrogen and oxygen atoms in total. The van der Waals surface area contributed by atoms with Gasteiger partial charge in [0.15, 0.2) is 6.61 Å². The lowest BCUT2D eigenvalue weighted by atomic mass is 10.1. The van der Waals surface area contributed by atoms with E-state index in [2.05, 4.69) is 4.98 Å². The normalized spacial score (nSPS) is 14.3. The maximum Gasteiger partial charge on any atom is 0.279 e. The summed E-state index contributed by atoms with van der Waals surface area (Å²) < 4.78 is 5.55. The maximum absolute atomic E-state index is 12.0. The van der Waals surface area contributed by atoms with Crippen molar-refractivity contribution < 1.29 is 14.5 Å². The van der Waals surface area contributed by atoms with Crippen LogP contribution in [0.5, 0.6) is 5.75 Å². The van der Waals surface area contributed by atoms with E-state index in [0.717, 1.165) is 25.9 Å². The molecule has 0 bridgehead atoms. The van der Waals surface area contributed by atoms with Crippen LogP contribution in [0.4, 0.5) is 5.69 Å². The smallest absolute Gasteiger partial charge is 0.279 e. The first-order valence-electron chi connectivity index (χ1n) is 7.09. The molecule has 1 aromatic heterocycles. The topological polar surface area (TPSA) is 85.6 Å². The molecule has 22 heavy (non-hydrogen) atoms. The molecular formula is C15H15N3O4. The molecule has 1 saturated heterocycles. The van der Waals surface area contributed by atoms with Gasteiger partial charge in [-0.05, 0) is 31.0 Å². The highest BCUT2D eigenvalue weighted by Crippen LogP contribution is 2.31. The Hall–Kier alpha value is -2.70. The molecule has 0 radical (unpaired) electrons. The fraction of sp³-hybridized carbons (Fsp3) is 0.333. The summed E-state index contributed by atoms with van der Waals surface area (Å²) in [5.41, 5.74) is 0.368. The monoisotopic (exact) mass is 301 g/mol. The van der Waals surface area contributed by atoms with Gasteiger partial charge in [0.25, 0.3) is 11.6 Å². The molecule has 114 valence electrons. The fourth-order valence-corrected chi connectivity index (χ4v) is 2.60. The molecule has 7 heteroatoms. The molecule has 0 saturated carbocycles. The van der Waals surface area contributed by atoms with E-state index >= 15 is 0 Å². The lowest BCUT2D eigenvalue weighted by Gasteiger charge is -2.16. The molecule has 0 N–H and O–H groups in total. The van der Waals surface area contributed by atoms with Gasteiger partial charge < -0.3 is 9.64 Å². The number of non-ortho nitro benzene ring substituents is 1. The Kier molecular flexibility index (Phi) is 3.86. The number of carbonyl (C=O) groups excluding carboxylic acids is 1. The molecule has 2 heterocycles.